The summed E-state index contributed by atoms with van der Waals surface area (Å²) in [5.41, 5.74) is 0.838. The summed E-state index contributed by atoms with van der Waals surface area (Å²) in [6.07, 6.45) is 3.21. The smallest absolute Gasteiger partial charge is 0.414 e. The molecule has 2 N–H and O–H groups in total. The molecule has 21 heavy (non-hydrogen) atoms. The molecular weight excluding hydrogens is 268 g/mol. The number of amides is 1. The zero-order chi connectivity index (χ0) is 15.1. The minimum atomic E-state index is -0.345. The maximum Gasteiger partial charge on any atom is 0.414 e. The van der Waals surface area contributed by atoms with Gasteiger partial charge in [0.25, 0.3) is 0 Å². The SMILES string of the molecule is COC(=O)N(CCNC1CCC(O)CC1)c1ccccc1. The van der Waals surface area contributed by atoms with Crippen LogP contribution in [-0.4, -0.2) is 43.5 Å². The van der Waals surface area contributed by atoms with Crippen LogP contribution in [-0.2, 0) is 4.74 Å². The van der Waals surface area contributed by atoms with Gasteiger partial charge in [0.15, 0.2) is 0 Å². The highest BCUT2D eigenvalue weighted by Crippen LogP contribution is 2.18. The topological polar surface area (TPSA) is 61.8 Å². The van der Waals surface area contributed by atoms with E-state index in [-0.39, 0.29) is 12.2 Å². The van der Waals surface area contributed by atoms with Crippen LogP contribution < -0.4 is 10.2 Å². The third kappa shape index (κ3) is 4.72. The molecule has 1 aliphatic rings. The average molecular weight is 292 g/mol. The van der Waals surface area contributed by atoms with Gasteiger partial charge in [0, 0.05) is 24.8 Å². The molecule has 0 radical (unpaired) electrons. The number of carbonyl (C=O) groups is 1. The highest BCUT2D eigenvalue weighted by Gasteiger charge is 2.20. The molecule has 0 atom stereocenters. The van der Waals surface area contributed by atoms with Gasteiger partial charge in [-0.15, -0.1) is 0 Å². The lowest BCUT2D eigenvalue weighted by Gasteiger charge is -2.28. The van der Waals surface area contributed by atoms with Crippen molar-refractivity contribution >= 4 is 11.8 Å². The quantitative estimate of drug-likeness (QED) is 0.873. The number of methoxy groups -OCH3 is 1. The average Bonchev–Trinajstić information content (AvgIpc) is 2.53. The van der Waals surface area contributed by atoms with E-state index in [9.17, 15) is 9.90 Å². The first-order chi connectivity index (χ1) is 10.2. The van der Waals surface area contributed by atoms with Crippen molar-refractivity contribution in [2.24, 2.45) is 0 Å². The van der Waals surface area contributed by atoms with Crippen molar-refractivity contribution in [2.45, 2.75) is 37.8 Å². The fourth-order valence-electron chi connectivity index (χ4n) is 2.70. The van der Waals surface area contributed by atoms with Crippen molar-refractivity contribution in [3.05, 3.63) is 30.3 Å². The number of aliphatic hydroxyl groups is 1. The highest BCUT2D eigenvalue weighted by molar-refractivity contribution is 5.87. The predicted octanol–water partition coefficient (Wildman–Crippen LogP) is 2.15. The molecule has 0 spiro atoms. The predicted molar refractivity (Wildman–Crippen MR) is 82.5 cm³/mol. The second-order valence-electron chi connectivity index (χ2n) is 5.42. The molecule has 116 valence electrons. The first-order valence-corrected chi connectivity index (χ1v) is 7.52. The van der Waals surface area contributed by atoms with E-state index in [1.807, 2.05) is 30.3 Å². The van der Waals surface area contributed by atoms with Gasteiger partial charge in [-0.25, -0.2) is 4.79 Å². The molecule has 0 saturated heterocycles. The van der Waals surface area contributed by atoms with Crippen molar-refractivity contribution in [3.63, 3.8) is 0 Å². The highest BCUT2D eigenvalue weighted by atomic mass is 16.5. The van der Waals surface area contributed by atoms with Gasteiger partial charge in [0.2, 0.25) is 0 Å². The van der Waals surface area contributed by atoms with E-state index < -0.39 is 0 Å². The van der Waals surface area contributed by atoms with Crippen LogP contribution in [0.3, 0.4) is 0 Å². The maximum absolute atomic E-state index is 11.9. The van der Waals surface area contributed by atoms with Crippen molar-refractivity contribution in [2.75, 3.05) is 25.1 Å². The van der Waals surface area contributed by atoms with Crippen LogP contribution in [0, 0.1) is 0 Å². The molecule has 1 aromatic rings. The summed E-state index contributed by atoms with van der Waals surface area (Å²) in [7, 11) is 1.40. The Kier molecular flexibility index (Phi) is 6.02. The molecule has 0 unspecified atom stereocenters. The number of para-hydroxylation sites is 1. The molecule has 1 aromatic carbocycles. The van der Waals surface area contributed by atoms with Crippen molar-refractivity contribution in [1.29, 1.82) is 0 Å². The molecule has 1 amide bonds. The fraction of sp³-hybridized carbons (Fsp3) is 0.562. The Morgan fingerprint density at radius 2 is 1.95 bits per heavy atom. The summed E-state index contributed by atoms with van der Waals surface area (Å²) in [6.45, 7) is 1.28. The molecule has 1 saturated carbocycles. The molecule has 0 bridgehead atoms. The third-order valence-electron chi connectivity index (χ3n) is 3.93. The van der Waals surface area contributed by atoms with Crippen LogP contribution in [0.2, 0.25) is 0 Å². The first-order valence-electron chi connectivity index (χ1n) is 7.52. The van der Waals surface area contributed by atoms with E-state index in [1.165, 1.54) is 7.11 Å². The van der Waals surface area contributed by atoms with E-state index in [4.69, 9.17) is 4.74 Å². The molecule has 1 fully saturated rings. The van der Waals surface area contributed by atoms with Crippen LogP contribution in [0.25, 0.3) is 0 Å². The van der Waals surface area contributed by atoms with E-state index in [1.54, 1.807) is 4.90 Å². The monoisotopic (exact) mass is 292 g/mol. The Morgan fingerprint density at radius 3 is 2.57 bits per heavy atom. The number of benzene rings is 1. The van der Waals surface area contributed by atoms with E-state index in [0.717, 1.165) is 31.4 Å². The van der Waals surface area contributed by atoms with E-state index in [0.29, 0.717) is 19.1 Å². The molecular formula is C16H24N2O3. The summed E-state index contributed by atoms with van der Waals surface area (Å²) in [6, 6.07) is 9.96. The normalized spacial score (nSPS) is 21.8. The first kappa shape index (κ1) is 15.8. The van der Waals surface area contributed by atoms with Crippen LogP contribution in [0.15, 0.2) is 30.3 Å². The number of nitrogens with one attached hydrogen (secondary N) is 1. The van der Waals surface area contributed by atoms with E-state index >= 15 is 0 Å². The number of rotatable bonds is 5. The van der Waals surface area contributed by atoms with Gasteiger partial charge in [-0.1, -0.05) is 18.2 Å². The summed E-state index contributed by atoms with van der Waals surface area (Å²) < 4.78 is 4.85. The molecule has 1 aliphatic carbocycles. The Balaban J connectivity index is 1.84. The second-order valence-corrected chi connectivity index (χ2v) is 5.42. The second kappa shape index (κ2) is 8.00. The number of nitrogens with zero attached hydrogens (tertiary/aromatic N) is 1. The minimum absolute atomic E-state index is 0.140. The van der Waals surface area contributed by atoms with Crippen LogP contribution in [0.5, 0.6) is 0 Å². The molecule has 0 aliphatic heterocycles. The van der Waals surface area contributed by atoms with Gasteiger partial charge in [-0.3, -0.25) is 4.90 Å². The van der Waals surface area contributed by atoms with E-state index in [2.05, 4.69) is 5.32 Å². The Morgan fingerprint density at radius 1 is 1.29 bits per heavy atom. The number of hydrogen-bond acceptors (Lipinski definition) is 4. The zero-order valence-electron chi connectivity index (χ0n) is 12.5. The van der Waals surface area contributed by atoms with Crippen LogP contribution >= 0.6 is 0 Å². The summed E-state index contributed by atoms with van der Waals surface area (Å²) in [5, 5.41) is 13.0. The van der Waals surface area contributed by atoms with Crippen molar-refractivity contribution in [1.82, 2.24) is 5.32 Å². The number of hydrogen-bond donors (Lipinski definition) is 2. The lowest BCUT2D eigenvalue weighted by atomic mass is 9.93. The largest absolute Gasteiger partial charge is 0.452 e. The van der Waals surface area contributed by atoms with Crippen molar-refractivity contribution in [3.8, 4) is 0 Å². The number of carbonyl (C=O) groups excluding carboxylic acids is 1. The molecule has 2 rings (SSSR count). The third-order valence-corrected chi connectivity index (χ3v) is 3.93. The summed E-state index contributed by atoms with van der Waals surface area (Å²) >= 11 is 0. The van der Waals surface area contributed by atoms with Crippen LogP contribution in [0.4, 0.5) is 10.5 Å². The molecule has 0 aromatic heterocycles. The van der Waals surface area contributed by atoms with Crippen molar-refractivity contribution < 1.29 is 14.6 Å². The summed E-state index contributed by atoms with van der Waals surface area (Å²) in [5.74, 6) is 0. The Bertz CT molecular complexity index is 430. The van der Waals surface area contributed by atoms with Gasteiger partial charge in [0.1, 0.15) is 0 Å². The standard InChI is InChI=1S/C16H24N2O3/c1-21-16(20)18(14-5-3-2-4-6-14)12-11-17-13-7-9-15(19)10-8-13/h2-6,13,15,17,19H,7-12H2,1H3. The Labute approximate surface area is 125 Å². The van der Waals surface area contributed by atoms with Crippen LogP contribution in [0.1, 0.15) is 25.7 Å². The lowest BCUT2D eigenvalue weighted by Crippen LogP contribution is -2.41. The fourth-order valence-corrected chi connectivity index (χ4v) is 2.70. The molecule has 5 nitrogen and oxygen atoms in total. The molecule has 0 heterocycles. The number of anilines is 1. The van der Waals surface area contributed by atoms with Gasteiger partial charge < -0.3 is 15.2 Å². The zero-order valence-corrected chi connectivity index (χ0v) is 12.5. The van der Waals surface area contributed by atoms with Gasteiger partial charge in [0.05, 0.1) is 13.2 Å². The molecule has 5 heteroatoms. The minimum Gasteiger partial charge on any atom is -0.452 e. The van der Waals surface area contributed by atoms with Gasteiger partial charge >= 0.3 is 6.09 Å². The lowest BCUT2D eigenvalue weighted by molar-refractivity contribution is 0.117. The number of aliphatic hydroxyl groups excluding tert-OH is 1. The number of ether oxygens (including phenoxy) is 1. The maximum atomic E-state index is 11.9. The summed E-state index contributed by atoms with van der Waals surface area (Å²) in [4.78, 5) is 13.5. The Hall–Kier alpha value is -1.59. The van der Waals surface area contributed by atoms with Gasteiger partial charge in [-0.2, -0.15) is 0 Å². The van der Waals surface area contributed by atoms with Gasteiger partial charge in [-0.05, 0) is 37.8 Å².